The van der Waals surface area contributed by atoms with Crippen molar-refractivity contribution >= 4 is 17.9 Å². The third-order valence-electron chi connectivity index (χ3n) is 17.6. The van der Waals surface area contributed by atoms with E-state index in [9.17, 15) is 19.5 Å². The van der Waals surface area contributed by atoms with Crippen LogP contribution in [-0.4, -0.2) is 87.4 Å². The molecule has 0 aliphatic carbocycles. The van der Waals surface area contributed by atoms with E-state index >= 15 is 0 Å². The van der Waals surface area contributed by atoms with Crippen molar-refractivity contribution < 1.29 is 42.9 Å². The maximum absolute atomic E-state index is 13.0. The number of quaternary nitrogens is 1. The fraction of sp³-hybridized carbons (Fsp3) is 0.960. The van der Waals surface area contributed by atoms with Crippen LogP contribution in [0.4, 0.5) is 0 Å². The largest absolute Gasteiger partial charge is 0.477 e. The highest BCUT2D eigenvalue weighted by molar-refractivity contribution is 5.71. The fourth-order valence-corrected chi connectivity index (χ4v) is 11.8. The zero-order valence-electron chi connectivity index (χ0n) is 57.4. The first-order valence-electron chi connectivity index (χ1n) is 37.7. The SMILES string of the molecule is CCCCCCCCCCCCCCCCCCCCCCCCCCCCCCCCCCCCCCCCC(=O)OC(COC(=O)CCCCCCCCCCCCCCCCCCCCCCC)COC(OCC[N+](C)(C)C)C(=O)O. The van der Waals surface area contributed by atoms with Gasteiger partial charge < -0.3 is 28.5 Å². The van der Waals surface area contributed by atoms with Crippen LogP contribution in [0.1, 0.15) is 406 Å². The maximum atomic E-state index is 13.0. The van der Waals surface area contributed by atoms with Gasteiger partial charge in [-0.3, -0.25) is 9.59 Å². The van der Waals surface area contributed by atoms with E-state index in [2.05, 4.69) is 13.8 Å². The molecule has 0 amide bonds. The first kappa shape index (κ1) is 82.3. The van der Waals surface area contributed by atoms with Crippen molar-refractivity contribution in [1.29, 1.82) is 0 Å². The van der Waals surface area contributed by atoms with Crippen LogP contribution in [0.3, 0.4) is 0 Å². The van der Waals surface area contributed by atoms with E-state index in [0.717, 1.165) is 38.5 Å². The van der Waals surface area contributed by atoms with Gasteiger partial charge in [0.05, 0.1) is 34.4 Å². The third-order valence-corrected chi connectivity index (χ3v) is 17.6. The highest BCUT2D eigenvalue weighted by Gasteiger charge is 2.25. The van der Waals surface area contributed by atoms with Gasteiger partial charge in [-0.05, 0) is 12.8 Å². The number of rotatable bonds is 72. The number of nitrogens with zero attached hydrogens (tertiary/aromatic N) is 1. The number of carbonyl (C=O) groups is 3. The summed E-state index contributed by atoms with van der Waals surface area (Å²) in [5.41, 5.74) is 0. The molecule has 0 aromatic carbocycles. The normalized spacial score (nSPS) is 12.5. The lowest BCUT2D eigenvalue weighted by Crippen LogP contribution is -2.40. The highest BCUT2D eigenvalue weighted by atomic mass is 16.7. The lowest BCUT2D eigenvalue weighted by atomic mass is 10.0. The Morgan fingerprint density at radius 3 is 0.762 bits per heavy atom. The molecule has 0 aromatic heterocycles. The number of hydrogen-bond acceptors (Lipinski definition) is 7. The summed E-state index contributed by atoms with van der Waals surface area (Å²) in [5, 5.41) is 9.75. The van der Waals surface area contributed by atoms with Crippen LogP contribution < -0.4 is 0 Å². The topological polar surface area (TPSA) is 108 Å². The second-order valence-electron chi connectivity index (χ2n) is 27.3. The number of carbonyl (C=O) groups excluding carboxylic acids is 2. The summed E-state index contributed by atoms with van der Waals surface area (Å²) in [4.78, 5) is 37.6. The molecule has 2 unspecified atom stereocenters. The first-order chi connectivity index (χ1) is 41.1. The zero-order valence-corrected chi connectivity index (χ0v) is 57.4. The van der Waals surface area contributed by atoms with Crippen molar-refractivity contribution in [3.8, 4) is 0 Å². The predicted octanol–water partition coefficient (Wildman–Crippen LogP) is 23.4. The molecule has 0 aliphatic heterocycles. The fourth-order valence-electron chi connectivity index (χ4n) is 11.8. The third kappa shape index (κ3) is 67.8. The van der Waals surface area contributed by atoms with Gasteiger partial charge in [0.25, 0.3) is 6.29 Å². The van der Waals surface area contributed by atoms with Crippen LogP contribution in [0, 0.1) is 0 Å². The van der Waals surface area contributed by atoms with Crippen molar-refractivity contribution in [2.24, 2.45) is 0 Å². The van der Waals surface area contributed by atoms with Crippen LogP contribution in [0.25, 0.3) is 0 Å². The van der Waals surface area contributed by atoms with Gasteiger partial charge in [0.15, 0.2) is 6.10 Å². The molecule has 0 rings (SSSR count). The lowest BCUT2D eigenvalue weighted by Gasteiger charge is -2.25. The summed E-state index contributed by atoms with van der Waals surface area (Å²) in [5.74, 6) is -1.96. The van der Waals surface area contributed by atoms with Gasteiger partial charge >= 0.3 is 17.9 Å². The van der Waals surface area contributed by atoms with Gasteiger partial charge in [0.2, 0.25) is 0 Å². The molecule has 9 nitrogen and oxygen atoms in total. The van der Waals surface area contributed by atoms with Gasteiger partial charge in [-0.25, -0.2) is 4.79 Å². The molecule has 0 aliphatic rings. The minimum absolute atomic E-state index is 0.172. The van der Waals surface area contributed by atoms with Crippen molar-refractivity contribution in [3.05, 3.63) is 0 Å². The Balaban J connectivity index is 3.93. The number of carboxylic acids is 1. The molecule has 84 heavy (non-hydrogen) atoms. The lowest BCUT2D eigenvalue weighted by molar-refractivity contribution is -0.870. The second kappa shape index (κ2) is 67.2. The first-order valence-corrected chi connectivity index (χ1v) is 37.7. The molecule has 0 fully saturated rings. The smallest absolute Gasteiger partial charge is 0.361 e. The van der Waals surface area contributed by atoms with E-state index < -0.39 is 18.4 Å². The molecule has 500 valence electrons. The summed E-state index contributed by atoms with van der Waals surface area (Å²) >= 11 is 0. The molecule has 0 saturated heterocycles. The van der Waals surface area contributed by atoms with Crippen molar-refractivity contribution in [2.75, 3.05) is 47.5 Å². The van der Waals surface area contributed by atoms with Crippen LogP contribution in [0.15, 0.2) is 0 Å². The molecular formula is C75H148NO8+. The molecule has 0 heterocycles. The summed E-state index contributed by atoms with van der Waals surface area (Å²) < 4.78 is 23.0. The Labute approximate surface area is 523 Å². The van der Waals surface area contributed by atoms with E-state index in [1.54, 1.807) is 0 Å². The average Bonchev–Trinajstić information content (AvgIpc) is 3.51. The minimum atomic E-state index is -1.50. The van der Waals surface area contributed by atoms with Crippen LogP contribution in [0.5, 0.6) is 0 Å². The molecule has 0 bridgehead atoms. The second-order valence-corrected chi connectivity index (χ2v) is 27.3. The molecule has 0 spiro atoms. The number of aliphatic carboxylic acids is 1. The molecule has 0 saturated carbocycles. The number of hydrogen-bond donors (Lipinski definition) is 1. The summed E-state index contributed by atoms with van der Waals surface area (Å²) in [6, 6.07) is 0. The summed E-state index contributed by atoms with van der Waals surface area (Å²) in [6.07, 6.45) is 78.3. The van der Waals surface area contributed by atoms with Crippen LogP contribution >= 0.6 is 0 Å². The Hall–Kier alpha value is -1.71. The van der Waals surface area contributed by atoms with E-state index in [4.69, 9.17) is 18.9 Å². The Kier molecular flexibility index (Phi) is 65.9. The van der Waals surface area contributed by atoms with Crippen molar-refractivity contribution in [2.45, 2.75) is 418 Å². The van der Waals surface area contributed by atoms with E-state index in [1.165, 1.54) is 340 Å². The van der Waals surface area contributed by atoms with Gasteiger partial charge in [-0.1, -0.05) is 380 Å². The van der Waals surface area contributed by atoms with E-state index in [1.807, 2.05) is 21.1 Å². The van der Waals surface area contributed by atoms with Crippen LogP contribution in [-0.2, 0) is 33.3 Å². The minimum Gasteiger partial charge on any atom is -0.477 e. The molecule has 2 atom stereocenters. The number of likely N-dealkylation sites (N-methyl/N-ethyl adjacent to an activating group) is 1. The maximum Gasteiger partial charge on any atom is 0.361 e. The van der Waals surface area contributed by atoms with Crippen molar-refractivity contribution in [1.82, 2.24) is 0 Å². The number of esters is 2. The van der Waals surface area contributed by atoms with Gasteiger partial charge in [0, 0.05) is 12.8 Å². The molecule has 0 aromatic rings. The van der Waals surface area contributed by atoms with Crippen LogP contribution in [0.2, 0.25) is 0 Å². The molecular weight excluding hydrogens is 1040 g/mol. The summed E-state index contributed by atoms with van der Waals surface area (Å²) in [6.45, 7) is 4.98. The molecule has 9 heteroatoms. The number of carboxylic acid groups (broad SMARTS) is 1. The predicted molar refractivity (Wildman–Crippen MR) is 360 cm³/mol. The van der Waals surface area contributed by atoms with Gasteiger partial charge in [0.1, 0.15) is 13.2 Å². The monoisotopic (exact) mass is 1190 g/mol. The van der Waals surface area contributed by atoms with Gasteiger partial charge in [-0.15, -0.1) is 0 Å². The summed E-state index contributed by atoms with van der Waals surface area (Å²) in [7, 11) is 6.00. The Morgan fingerprint density at radius 2 is 0.536 bits per heavy atom. The standard InChI is InChI=1S/C75H147NO8/c1-6-8-10-12-14-16-18-20-22-24-26-28-29-30-31-32-33-34-35-36-37-38-39-40-41-42-43-44-46-48-50-52-54-56-58-60-62-64-66-73(78)84-71(70-83-75(74(79)80)81-68-67-76(3,4)5)69-82-72(77)65-63-61-59-57-55-53-51-49-47-45-27-25-23-21-19-17-15-13-11-9-7-2/h71,75H,6-70H2,1-5H3/p+1. The molecule has 1 N–H and O–H groups in total. The van der Waals surface area contributed by atoms with E-state index in [-0.39, 0.29) is 38.2 Å². The highest BCUT2D eigenvalue weighted by Crippen LogP contribution is 2.20. The zero-order chi connectivity index (χ0) is 61.2. The van der Waals surface area contributed by atoms with E-state index in [0.29, 0.717) is 17.4 Å². The number of ether oxygens (including phenoxy) is 4. The van der Waals surface area contributed by atoms with Gasteiger partial charge in [-0.2, -0.15) is 0 Å². The number of unbranched alkanes of at least 4 members (excludes halogenated alkanes) is 57. The Bertz CT molecular complexity index is 1340. The Morgan fingerprint density at radius 1 is 0.310 bits per heavy atom. The quantitative estimate of drug-likeness (QED) is 0.0278. The van der Waals surface area contributed by atoms with Crippen molar-refractivity contribution in [3.63, 3.8) is 0 Å². The molecule has 0 radical (unpaired) electrons. The average molecular weight is 1190 g/mol.